The highest BCUT2D eigenvalue weighted by atomic mass is 16.5. The molecule has 1 saturated heterocycles. The molecule has 0 radical (unpaired) electrons. The van der Waals surface area contributed by atoms with Gasteiger partial charge < -0.3 is 10.1 Å². The summed E-state index contributed by atoms with van der Waals surface area (Å²) in [5.41, 5.74) is 0.550. The molecule has 1 rings (SSSR count). The molecule has 90 valence electrons. The van der Waals surface area contributed by atoms with Crippen LogP contribution in [0.5, 0.6) is 0 Å². The Morgan fingerprint density at radius 2 is 1.73 bits per heavy atom. The van der Waals surface area contributed by atoms with E-state index in [4.69, 9.17) is 4.74 Å². The standard InChI is InChI=1S/C13H27NO/c1-6-12(4)9-11(15-5)10-13(7-2,8-3)14-12/h11,14H,6-10H2,1-5H3. The second-order valence-corrected chi connectivity index (χ2v) is 5.29. The largest absolute Gasteiger partial charge is 0.381 e. The minimum absolute atomic E-state index is 0.255. The van der Waals surface area contributed by atoms with Gasteiger partial charge in [-0.05, 0) is 39.0 Å². The Kier molecular flexibility index (Phi) is 4.19. The molecule has 1 heterocycles. The van der Waals surface area contributed by atoms with Crippen molar-refractivity contribution in [3.05, 3.63) is 0 Å². The van der Waals surface area contributed by atoms with Crippen molar-refractivity contribution in [1.29, 1.82) is 0 Å². The minimum Gasteiger partial charge on any atom is -0.381 e. The maximum absolute atomic E-state index is 5.61. The van der Waals surface area contributed by atoms with E-state index in [0.717, 1.165) is 12.8 Å². The third-order valence-corrected chi connectivity index (χ3v) is 4.33. The molecular weight excluding hydrogens is 186 g/mol. The van der Waals surface area contributed by atoms with Crippen LogP contribution < -0.4 is 5.32 Å². The third kappa shape index (κ3) is 2.73. The SMILES string of the molecule is CCC1(C)CC(OC)CC(CC)(CC)N1. The number of ether oxygens (including phenoxy) is 1. The van der Waals surface area contributed by atoms with E-state index in [2.05, 4.69) is 33.0 Å². The average Bonchev–Trinajstić information content (AvgIpc) is 2.28. The second-order valence-electron chi connectivity index (χ2n) is 5.29. The fourth-order valence-electron chi connectivity index (χ4n) is 2.87. The summed E-state index contributed by atoms with van der Waals surface area (Å²) in [4.78, 5) is 0. The first-order valence-corrected chi connectivity index (χ1v) is 6.35. The van der Waals surface area contributed by atoms with Crippen molar-refractivity contribution in [2.24, 2.45) is 0 Å². The van der Waals surface area contributed by atoms with E-state index < -0.39 is 0 Å². The molecule has 2 nitrogen and oxygen atoms in total. The van der Waals surface area contributed by atoms with Crippen molar-refractivity contribution < 1.29 is 4.74 Å². The van der Waals surface area contributed by atoms with Crippen molar-refractivity contribution in [3.8, 4) is 0 Å². The molecule has 0 aromatic heterocycles. The number of nitrogens with one attached hydrogen (secondary N) is 1. The molecular formula is C13H27NO. The summed E-state index contributed by atoms with van der Waals surface area (Å²) in [6.07, 6.45) is 6.29. The Labute approximate surface area is 94.8 Å². The molecule has 2 atom stereocenters. The van der Waals surface area contributed by atoms with Gasteiger partial charge in [-0.1, -0.05) is 20.8 Å². The Morgan fingerprint density at radius 1 is 1.13 bits per heavy atom. The molecule has 1 aliphatic heterocycles. The number of hydrogen-bond acceptors (Lipinski definition) is 2. The quantitative estimate of drug-likeness (QED) is 0.775. The van der Waals surface area contributed by atoms with E-state index in [0.29, 0.717) is 11.6 Å². The van der Waals surface area contributed by atoms with Crippen LogP contribution in [0.15, 0.2) is 0 Å². The zero-order valence-corrected chi connectivity index (χ0v) is 11.0. The maximum Gasteiger partial charge on any atom is 0.0606 e. The van der Waals surface area contributed by atoms with Gasteiger partial charge in [0.05, 0.1) is 6.10 Å². The smallest absolute Gasteiger partial charge is 0.0606 e. The molecule has 0 aromatic carbocycles. The zero-order chi connectivity index (χ0) is 11.5. The van der Waals surface area contributed by atoms with Crippen LogP contribution in [0.1, 0.15) is 59.8 Å². The van der Waals surface area contributed by atoms with Crippen LogP contribution >= 0.6 is 0 Å². The summed E-state index contributed by atoms with van der Waals surface area (Å²) in [5.74, 6) is 0. The minimum atomic E-state index is 0.255. The third-order valence-electron chi connectivity index (χ3n) is 4.33. The van der Waals surface area contributed by atoms with Gasteiger partial charge in [0.25, 0.3) is 0 Å². The zero-order valence-electron chi connectivity index (χ0n) is 11.0. The molecule has 1 aliphatic rings. The van der Waals surface area contributed by atoms with Crippen LogP contribution in [0.25, 0.3) is 0 Å². The van der Waals surface area contributed by atoms with Crippen molar-refractivity contribution in [2.45, 2.75) is 77.0 Å². The van der Waals surface area contributed by atoms with E-state index >= 15 is 0 Å². The van der Waals surface area contributed by atoms with Crippen molar-refractivity contribution >= 4 is 0 Å². The van der Waals surface area contributed by atoms with Crippen LogP contribution in [-0.4, -0.2) is 24.3 Å². The normalized spacial score (nSPS) is 35.4. The summed E-state index contributed by atoms with van der Waals surface area (Å²) in [7, 11) is 1.85. The first kappa shape index (κ1) is 13.0. The van der Waals surface area contributed by atoms with Crippen LogP contribution in [0.2, 0.25) is 0 Å². The molecule has 2 heteroatoms. The van der Waals surface area contributed by atoms with Crippen LogP contribution in [0.3, 0.4) is 0 Å². The summed E-state index contributed by atoms with van der Waals surface area (Å²) in [6, 6.07) is 0. The molecule has 1 fully saturated rings. The number of hydrogen-bond donors (Lipinski definition) is 1. The summed E-state index contributed by atoms with van der Waals surface area (Å²) in [6.45, 7) is 9.16. The molecule has 0 spiro atoms. The Morgan fingerprint density at radius 3 is 2.13 bits per heavy atom. The molecule has 0 bridgehead atoms. The van der Waals surface area contributed by atoms with Gasteiger partial charge in [-0.25, -0.2) is 0 Å². The molecule has 0 saturated carbocycles. The van der Waals surface area contributed by atoms with Gasteiger partial charge in [-0.3, -0.25) is 0 Å². The molecule has 0 amide bonds. The molecule has 2 unspecified atom stereocenters. The Bertz CT molecular complexity index is 201. The highest BCUT2D eigenvalue weighted by molar-refractivity contribution is 5.02. The van der Waals surface area contributed by atoms with Gasteiger partial charge in [0.15, 0.2) is 0 Å². The van der Waals surface area contributed by atoms with Gasteiger partial charge in [-0.2, -0.15) is 0 Å². The van der Waals surface area contributed by atoms with E-state index in [1.54, 1.807) is 0 Å². The molecule has 1 N–H and O–H groups in total. The topological polar surface area (TPSA) is 21.3 Å². The number of piperidine rings is 1. The summed E-state index contributed by atoms with van der Waals surface area (Å²) < 4.78 is 5.61. The predicted octanol–water partition coefficient (Wildman–Crippen LogP) is 3.11. The van der Waals surface area contributed by atoms with Crippen LogP contribution in [0.4, 0.5) is 0 Å². The highest BCUT2D eigenvalue weighted by Crippen LogP contribution is 2.36. The first-order chi connectivity index (χ1) is 7.03. The molecule has 0 aromatic rings. The lowest BCUT2D eigenvalue weighted by molar-refractivity contribution is -0.0134. The Hall–Kier alpha value is -0.0800. The van der Waals surface area contributed by atoms with Crippen LogP contribution in [-0.2, 0) is 4.74 Å². The van der Waals surface area contributed by atoms with E-state index in [9.17, 15) is 0 Å². The average molecular weight is 213 g/mol. The van der Waals surface area contributed by atoms with Gasteiger partial charge in [0.2, 0.25) is 0 Å². The second kappa shape index (κ2) is 4.84. The highest BCUT2D eigenvalue weighted by Gasteiger charge is 2.42. The first-order valence-electron chi connectivity index (χ1n) is 6.35. The monoisotopic (exact) mass is 213 g/mol. The van der Waals surface area contributed by atoms with Gasteiger partial charge in [0, 0.05) is 18.2 Å². The Balaban J connectivity index is 2.83. The number of rotatable bonds is 4. The summed E-state index contributed by atoms with van der Waals surface area (Å²) >= 11 is 0. The lowest BCUT2D eigenvalue weighted by Crippen LogP contribution is -2.62. The van der Waals surface area contributed by atoms with Crippen LogP contribution in [0, 0.1) is 0 Å². The van der Waals surface area contributed by atoms with Gasteiger partial charge >= 0.3 is 0 Å². The lowest BCUT2D eigenvalue weighted by atomic mass is 9.74. The van der Waals surface area contributed by atoms with Crippen molar-refractivity contribution in [3.63, 3.8) is 0 Å². The lowest BCUT2D eigenvalue weighted by Gasteiger charge is -2.50. The van der Waals surface area contributed by atoms with Gasteiger partial charge in [-0.15, -0.1) is 0 Å². The summed E-state index contributed by atoms with van der Waals surface area (Å²) in [5, 5.41) is 3.88. The van der Waals surface area contributed by atoms with Crippen molar-refractivity contribution in [2.75, 3.05) is 7.11 Å². The maximum atomic E-state index is 5.61. The fourth-order valence-corrected chi connectivity index (χ4v) is 2.87. The van der Waals surface area contributed by atoms with E-state index in [-0.39, 0.29) is 5.54 Å². The van der Waals surface area contributed by atoms with E-state index in [1.165, 1.54) is 19.3 Å². The fraction of sp³-hybridized carbons (Fsp3) is 1.00. The van der Waals surface area contributed by atoms with Crippen molar-refractivity contribution in [1.82, 2.24) is 5.32 Å². The van der Waals surface area contributed by atoms with E-state index in [1.807, 2.05) is 7.11 Å². The molecule has 15 heavy (non-hydrogen) atoms. The molecule has 0 aliphatic carbocycles. The predicted molar refractivity (Wildman–Crippen MR) is 65.2 cm³/mol. The van der Waals surface area contributed by atoms with Gasteiger partial charge in [0.1, 0.15) is 0 Å². The number of methoxy groups -OCH3 is 1.